The summed E-state index contributed by atoms with van der Waals surface area (Å²) in [6.45, 7) is 0.0746. The summed E-state index contributed by atoms with van der Waals surface area (Å²) in [5.41, 5.74) is 6.53. The Morgan fingerprint density at radius 1 is 1.35 bits per heavy atom. The Morgan fingerprint density at radius 2 is 2.00 bits per heavy atom. The van der Waals surface area contributed by atoms with Crippen LogP contribution in [-0.4, -0.2) is 36.1 Å². The average molecular weight is 275 g/mol. The van der Waals surface area contributed by atoms with Gasteiger partial charge in [0.05, 0.1) is 12.6 Å². The Balaban J connectivity index is 2.61. The Kier molecular flexibility index (Phi) is 6.23. The molecule has 1 aromatic rings. The number of carbonyl (C=O) groups excluding carboxylic acids is 2. The SMILES string of the molecule is C#CCC(N)C(=O)Nc1ccc(C(=O)NCCO)cc1. The summed E-state index contributed by atoms with van der Waals surface area (Å²) in [5.74, 6) is 1.65. The summed E-state index contributed by atoms with van der Waals surface area (Å²) in [6, 6.07) is 5.56. The first-order valence-corrected chi connectivity index (χ1v) is 6.07. The molecule has 106 valence electrons. The third-order valence-electron chi connectivity index (χ3n) is 2.49. The largest absolute Gasteiger partial charge is 0.395 e. The van der Waals surface area contributed by atoms with Crippen molar-refractivity contribution in [3.63, 3.8) is 0 Å². The van der Waals surface area contributed by atoms with E-state index >= 15 is 0 Å². The molecule has 0 radical (unpaired) electrons. The molecule has 20 heavy (non-hydrogen) atoms. The fraction of sp³-hybridized carbons (Fsp3) is 0.286. The molecule has 5 N–H and O–H groups in total. The van der Waals surface area contributed by atoms with Crippen LogP contribution in [0.4, 0.5) is 5.69 Å². The molecule has 1 aromatic carbocycles. The number of hydrogen-bond donors (Lipinski definition) is 4. The quantitative estimate of drug-likeness (QED) is 0.535. The highest BCUT2D eigenvalue weighted by molar-refractivity contribution is 5.97. The molecule has 0 aliphatic rings. The predicted molar refractivity (Wildman–Crippen MR) is 75.9 cm³/mol. The third kappa shape index (κ3) is 4.72. The lowest BCUT2D eigenvalue weighted by Crippen LogP contribution is -2.35. The third-order valence-corrected chi connectivity index (χ3v) is 2.49. The van der Waals surface area contributed by atoms with Crippen molar-refractivity contribution in [1.29, 1.82) is 0 Å². The summed E-state index contributed by atoms with van der Waals surface area (Å²) in [6.07, 6.45) is 5.24. The van der Waals surface area contributed by atoms with Gasteiger partial charge in [-0.05, 0) is 24.3 Å². The number of anilines is 1. The van der Waals surface area contributed by atoms with Crippen LogP contribution >= 0.6 is 0 Å². The van der Waals surface area contributed by atoms with Crippen LogP contribution in [0.1, 0.15) is 16.8 Å². The zero-order chi connectivity index (χ0) is 15.0. The van der Waals surface area contributed by atoms with E-state index in [4.69, 9.17) is 17.3 Å². The normalized spacial score (nSPS) is 11.2. The van der Waals surface area contributed by atoms with E-state index in [1.54, 1.807) is 24.3 Å². The van der Waals surface area contributed by atoms with Gasteiger partial charge in [-0.3, -0.25) is 9.59 Å². The molecule has 0 aliphatic heterocycles. The number of aliphatic hydroxyl groups excluding tert-OH is 1. The fourth-order valence-corrected chi connectivity index (χ4v) is 1.43. The lowest BCUT2D eigenvalue weighted by molar-refractivity contribution is -0.117. The molecule has 1 rings (SSSR count). The molecular weight excluding hydrogens is 258 g/mol. The molecule has 1 atom stereocenters. The maximum Gasteiger partial charge on any atom is 0.251 e. The van der Waals surface area contributed by atoms with E-state index in [1.807, 2.05) is 0 Å². The molecule has 6 nitrogen and oxygen atoms in total. The van der Waals surface area contributed by atoms with E-state index in [0.717, 1.165) is 0 Å². The number of carbonyl (C=O) groups is 2. The second-order valence-corrected chi connectivity index (χ2v) is 4.06. The topological polar surface area (TPSA) is 104 Å². The van der Waals surface area contributed by atoms with Gasteiger partial charge in [-0.15, -0.1) is 12.3 Å². The summed E-state index contributed by atoms with van der Waals surface area (Å²) in [7, 11) is 0. The number of terminal acetylenes is 1. The minimum absolute atomic E-state index is 0.118. The van der Waals surface area contributed by atoms with Gasteiger partial charge in [0, 0.05) is 24.2 Å². The van der Waals surface area contributed by atoms with E-state index in [9.17, 15) is 9.59 Å². The maximum atomic E-state index is 11.6. The fourth-order valence-electron chi connectivity index (χ4n) is 1.43. The number of aliphatic hydroxyl groups is 1. The van der Waals surface area contributed by atoms with Crippen LogP contribution in [0.25, 0.3) is 0 Å². The van der Waals surface area contributed by atoms with Crippen molar-refractivity contribution in [2.45, 2.75) is 12.5 Å². The number of rotatable bonds is 6. The van der Waals surface area contributed by atoms with Gasteiger partial charge in [0.25, 0.3) is 5.91 Å². The summed E-state index contributed by atoms with van der Waals surface area (Å²) >= 11 is 0. The van der Waals surface area contributed by atoms with Crippen molar-refractivity contribution in [2.75, 3.05) is 18.5 Å². The van der Waals surface area contributed by atoms with Crippen molar-refractivity contribution in [3.8, 4) is 12.3 Å². The number of nitrogens with one attached hydrogen (secondary N) is 2. The molecular formula is C14H17N3O3. The van der Waals surface area contributed by atoms with E-state index < -0.39 is 6.04 Å². The van der Waals surface area contributed by atoms with Crippen LogP contribution in [0.15, 0.2) is 24.3 Å². The molecule has 0 aromatic heterocycles. The highest BCUT2D eigenvalue weighted by atomic mass is 16.3. The van der Waals surface area contributed by atoms with Crippen LogP contribution in [0.3, 0.4) is 0 Å². The van der Waals surface area contributed by atoms with Crippen LogP contribution in [0, 0.1) is 12.3 Å². The monoisotopic (exact) mass is 275 g/mol. The first kappa shape index (κ1) is 15.7. The molecule has 0 aliphatic carbocycles. The van der Waals surface area contributed by atoms with Crippen LogP contribution < -0.4 is 16.4 Å². The standard InChI is InChI=1S/C14H17N3O3/c1-2-3-12(15)14(20)17-11-6-4-10(5-7-11)13(19)16-8-9-18/h1,4-7,12,18H,3,8-9,15H2,(H,16,19)(H,17,20). The van der Waals surface area contributed by atoms with E-state index in [2.05, 4.69) is 16.6 Å². The van der Waals surface area contributed by atoms with Crippen LogP contribution in [-0.2, 0) is 4.79 Å². The van der Waals surface area contributed by atoms with Crippen molar-refractivity contribution < 1.29 is 14.7 Å². The van der Waals surface area contributed by atoms with Gasteiger partial charge in [-0.1, -0.05) is 0 Å². The number of nitrogens with two attached hydrogens (primary N) is 1. The second kappa shape index (κ2) is 7.94. The van der Waals surface area contributed by atoms with Crippen molar-refractivity contribution in [2.24, 2.45) is 5.73 Å². The lowest BCUT2D eigenvalue weighted by atomic mass is 10.1. The maximum absolute atomic E-state index is 11.6. The molecule has 0 fully saturated rings. The van der Waals surface area contributed by atoms with Crippen molar-refractivity contribution in [3.05, 3.63) is 29.8 Å². The summed E-state index contributed by atoms with van der Waals surface area (Å²) in [5, 5.41) is 13.7. The van der Waals surface area contributed by atoms with Gasteiger partial charge < -0.3 is 21.5 Å². The summed E-state index contributed by atoms with van der Waals surface area (Å²) in [4.78, 5) is 23.2. The Bertz CT molecular complexity index is 505. The number of hydrogen-bond acceptors (Lipinski definition) is 4. The molecule has 6 heteroatoms. The Hall–Kier alpha value is -2.36. The van der Waals surface area contributed by atoms with Gasteiger partial charge >= 0.3 is 0 Å². The Morgan fingerprint density at radius 3 is 2.55 bits per heavy atom. The van der Waals surface area contributed by atoms with Crippen molar-refractivity contribution >= 4 is 17.5 Å². The highest BCUT2D eigenvalue weighted by Crippen LogP contribution is 2.10. The predicted octanol–water partition coefficient (Wildman–Crippen LogP) is -0.302. The molecule has 0 saturated heterocycles. The molecule has 2 amide bonds. The summed E-state index contributed by atoms with van der Waals surface area (Å²) < 4.78 is 0. The van der Waals surface area contributed by atoms with Gasteiger partial charge in [0.15, 0.2) is 0 Å². The lowest BCUT2D eigenvalue weighted by Gasteiger charge is -2.10. The first-order valence-electron chi connectivity index (χ1n) is 6.07. The van der Waals surface area contributed by atoms with Gasteiger partial charge in [-0.25, -0.2) is 0 Å². The van der Waals surface area contributed by atoms with Crippen LogP contribution in [0.2, 0.25) is 0 Å². The minimum atomic E-state index is -0.757. The zero-order valence-electron chi connectivity index (χ0n) is 10.9. The highest BCUT2D eigenvalue weighted by Gasteiger charge is 2.12. The molecule has 1 unspecified atom stereocenters. The first-order chi connectivity index (χ1) is 9.58. The molecule has 0 saturated carbocycles. The van der Waals surface area contributed by atoms with E-state index in [0.29, 0.717) is 11.3 Å². The van der Waals surface area contributed by atoms with E-state index in [1.165, 1.54) is 0 Å². The Labute approximate surface area is 117 Å². The van der Waals surface area contributed by atoms with Crippen LogP contribution in [0.5, 0.6) is 0 Å². The molecule has 0 bridgehead atoms. The number of amides is 2. The molecule has 0 heterocycles. The minimum Gasteiger partial charge on any atom is -0.395 e. The van der Waals surface area contributed by atoms with E-state index in [-0.39, 0.29) is 31.4 Å². The van der Waals surface area contributed by atoms with Crippen molar-refractivity contribution in [1.82, 2.24) is 5.32 Å². The average Bonchev–Trinajstić information content (AvgIpc) is 2.45. The smallest absolute Gasteiger partial charge is 0.251 e. The second-order valence-electron chi connectivity index (χ2n) is 4.06. The number of benzene rings is 1. The van der Waals surface area contributed by atoms with Gasteiger partial charge in [0.1, 0.15) is 0 Å². The zero-order valence-corrected chi connectivity index (χ0v) is 10.9. The van der Waals surface area contributed by atoms with Gasteiger partial charge in [-0.2, -0.15) is 0 Å². The van der Waals surface area contributed by atoms with Gasteiger partial charge in [0.2, 0.25) is 5.91 Å². The molecule has 0 spiro atoms.